The second-order valence-electron chi connectivity index (χ2n) is 16.4. The molecular weight excluding hydrogens is 737 g/mol. The molecule has 11 heteroatoms. The van der Waals surface area contributed by atoms with Crippen molar-refractivity contribution in [2.75, 3.05) is 40.6 Å². The minimum atomic E-state index is -1.29. The van der Waals surface area contributed by atoms with Crippen LogP contribution in [0.4, 0.5) is 0 Å². The van der Waals surface area contributed by atoms with Gasteiger partial charge in [-0.25, -0.2) is 0 Å². The number of ether oxygens (including phenoxy) is 4. The van der Waals surface area contributed by atoms with Crippen LogP contribution in [0.3, 0.4) is 0 Å². The number of carbonyl (C=O) groups excluding carboxylic acids is 2. The van der Waals surface area contributed by atoms with Gasteiger partial charge < -0.3 is 38.9 Å². The van der Waals surface area contributed by atoms with E-state index in [-0.39, 0.29) is 49.4 Å². The third kappa shape index (κ3) is 9.32. The average Bonchev–Trinajstić information content (AvgIpc) is 3.77. The lowest BCUT2D eigenvalue weighted by molar-refractivity contribution is -0.257. The molecule has 6 atom stereocenters. The molecule has 0 aromatic heterocycles. The molecule has 2 N–H and O–H groups in total. The number of rotatable bonds is 22. The maximum absolute atomic E-state index is 14.6. The number of aldehydes is 1. The second kappa shape index (κ2) is 20.7. The summed E-state index contributed by atoms with van der Waals surface area (Å²) in [6.45, 7) is 7.12. The third-order valence-corrected chi connectivity index (χ3v) is 12.8. The van der Waals surface area contributed by atoms with E-state index in [1.165, 1.54) is 32.8 Å². The standard InChI is InChI=1S/C47H64N2O9/c1-5-23-49(44(53)22-17-32-13-7-8-14-32)43-30-40(48-55-4)38-28-33(15-9-11-24-50)37(16-10-12-25-51)45-39-29-36(57-35-18-20-41(54-3)34(27-35)31-52)19-21-42(39)58-47(43,46(38)45)56-26-6-2/h6,18-21,27-29,31-33,37,43,45-46,50-51H,2,5,7-17,22-26,30H2,1,3-4H3. The highest BCUT2D eigenvalue weighted by atomic mass is 16.7. The van der Waals surface area contributed by atoms with Crippen LogP contribution in [0.1, 0.15) is 119 Å². The quantitative estimate of drug-likeness (QED) is 0.0519. The molecule has 1 aliphatic heterocycles. The van der Waals surface area contributed by atoms with Gasteiger partial charge in [0.25, 0.3) is 0 Å². The number of methoxy groups -OCH3 is 1. The Hall–Kier alpha value is -4.19. The number of carbonyl (C=O) groups is 2. The molecule has 1 amide bonds. The van der Waals surface area contributed by atoms with Gasteiger partial charge in [0.05, 0.1) is 30.9 Å². The number of aliphatic hydroxyl groups is 2. The van der Waals surface area contributed by atoms with E-state index in [1.807, 2.05) is 23.1 Å². The van der Waals surface area contributed by atoms with Gasteiger partial charge in [0.1, 0.15) is 36.1 Å². The zero-order chi connectivity index (χ0) is 41.1. The van der Waals surface area contributed by atoms with Crippen LogP contribution in [0.5, 0.6) is 23.0 Å². The number of amides is 1. The van der Waals surface area contributed by atoms with Crippen molar-refractivity contribution >= 4 is 17.9 Å². The van der Waals surface area contributed by atoms with Crippen LogP contribution in [0.2, 0.25) is 0 Å². The number of hydrogen-bond donors (Lipinski definition) is 2. The lowest BCUT2D eigenvalue weighted by atomic mass is 9.55. The van der Waals surface area contributed by atoms with Gasteiger partial charge >= 0.3 is 0 Å². The molecular formula is C47H64N2O9. The minimum Gasteiger partial charge on any atom is -0.496 e. The molecule has 11 nitrogen and oxygen atoms in total. The van der Waals surface area contributed by atoms with Crippen molar-refractivity contribution < 1.29 is 43.6 Å². The number of hydrogen-bond acceptors (Lipinski definition) is 10. The molecule has 0 saturated heterocycles. The van der Waals surface area contributed by atoms with Crippen LogP contribution in [-0.4, -0.2) is 85.4 Å². The van der Waals surface area contributed by atoms with Gasteiger partial charge in [0.2, 0.25) is 11.7 Å². The van der Waals surface area contributed by atoms with Crippen molar-refractivity contribution in [2.24, 2.45) is 28.8 Å². The molecule has 2 aromatic carbocycles. The van der Waals surface area contributed by atoms with Crippen LogP contribution in [-0.2, 0) is 14.4 Å². The van der Waals surface area contributed by atoms with E-state index in [0.29, 0.717) is 66.7 Å². The van der Waals surface area contributed by atoms with Crippen molar-refractivity contribution in [3.05, 3.63) is 71.8 Å². The fourth-order valence-corrected chi connectivity index (χ4v) is 10.3. The zero-order valence-electron chi connectivity index (χ0n) is 34.7. The smallest absolute Gasteiger partial charge is 0.239 e. The Morgan fingerprint density at radius 2 is 1.76 bits per heavy atom. The lowest BCUT2D eigenvalue weighted by Crippen LogP contribution is -2.70. The van der Waals surface area contributed by atoms with Gasteiger partial charge in [-0.3, -0.25) is 9.59 Å². The molecule has 6 rings (SSSR count). The first kappa shape index (κ1) is 43.4. The fourth-order valence-electron chi connectivity index (χ4n) is 10.3. The molecule has 0 spiro atoms. The van der Waals surface area contributed by atoms with Crippen LogP contribution >= 0.6 is 0 Å². The normalized spacial score (nSPS) is 25.6. The maximum atomic E-state index is 14.6. The summed E-state index contributed by atoms with van der Waals surface area (Å²) in [4.78, 5) is 34.1. The van der Waals surface area contributed by atoms with E-state index >= 15 is 0 Å². The molecule has 0 radical (unpaired) electrons. The molecule has 4 aliphatic rings. The van der Waals surface area contributed by atoms with Crippen LogP contribution < -0.4 is 14.2 Å². The first-order valence-corrected chi connectivity index (χ1v) is 21.6. The SMILES string of the molecule is C=CCOC12Oc3ccc(Oc4ccc(OC)c(C=O)c4)cc3C3C(CCCCO)C(CCCCO)C=C(C(=NOC)CC1N(CCC)C(=O)CCC1CCCC1)C32. The summed E-state index contributed by atoms with van der Waals surface area (Å²) in [6.07, 6.45) is 16.9. The van der Waals surface area contributed by atoms with Gasteiger partial charge in [-0.1, -0.05) is 62.8 Å². The highest BCUT2D eigenvalue weighted by molar-refractivity contribution is 6.03. The number of unbranched alkanes of at least 4 members (excludes halogenated alkanes) is 2. The van der Waals surface area contributed by atoms with E-state index in [2.05, 4.69) is 19.6 Å². The van der Waals surface area contributed by atoms with Gasteiger partial charge in [-0.05, 0) is 98.2 Å². The van der Waals surface area contributed by atoms with E-state index in [0.717, 1.165) is 61.7 Å². The van der Waals surface area contributed by atoms with Crippen LogP contribution in [0, 0.1) is 23.7 Å². The van der Waals surface area contributed by atoms with Crippen LogP contribution in [0.25, 0.3) is 0 Å². The van der Waals surface area contributed by atoms with Crippen molar-refractivity contribution in [3.63, 3.8) is 0 Å². The summed E-state index contributed by atoms with van der Waals surface area (Å²) in [5, 5.41) is 24.5. The summed E-state index contributed by atoms with van der Waals surface area (Å²) in [5.41, 5.74) is 3.13. The molecule has 2 aromatic rings. The Labute approximate surface area is 344 Å². The van der Waals surface area contributed by atoms with E-state index in [9.17, 15) is 19.8 Å². The van der Waals surface area contributed by atoms with Crippen molar-refractivity contribution in [3.8, 4) is 23.0 Å². The monoisotopic (exact) mass is 800 g/mol. The van der Waals surface area contributed by atoms with Crippen molar-refractivity contribution in [1.29, 1.82) is 0 Å². The highest BCUT2D eigenvalue weighted by Crippen LogP contribution is 2.62. The summed E-state index contributed by atoms with van der Waals surface area (Å²) >= 11 is 0. The molecule has 58 heavy (non-hydrogen) atoms. The Morgan fingerprint density at radius 1 is 1.02 bits per heavy atom. The Morgan fingerprint density at radius 3 is 2.45 bits per heavy atom. The molecule has 3 aliphatic carbocycles. The summed E-state index contributed by atoms with van der Waals surface area (Å²) < 4.78 is 26.2. The van der Waals surface area contributed by atoms with Gasteiger partial charge in [0.15, 0.2) is 6.29 Å². The first-order chi connectivity index (χ1) is 28.4. The van der Waals surface area contributed by atoms with Gasteiger partial charge in [0, 0.05) is 44.1 Å². The lowest BCUT2D eigenvalue weighted by Gasteiger charge is -2.60. The predicted molar refractivity (Wildman–Crippen MR) is 224 cm³/mol. The minimum absolute atomic E-state index is 0.0893. The van der Waals surface area contributed by atoms with Crippen molar-refractivity contribution in [2.45, 2.75) is 115 Å². The topological polar surface area (TPSA) is 136 Å². The fraction of sp³-hybridized carbons (Fsp3) is 0.596. The zero-order valence-corrected chi connectivity index (χ0v) is 34.7. The number of oxime groups is 1. The summed E-state index contributed by atoms with van der Waals surface area (Å²) in [5.74, 6) is 1.24. The maximum Gasteiger partial charge on any atom is 0.239 e. The molecule has 0 bridgehead atoms. The number of nitrogens with zero attached hydrogens (tertiary/aromatic N) is 2. The number of fused-ring (bicyclic) bond motifs is 2. The highest BCUT2D eigenvalue weighted by Gasteiger charge is 2.65. The van der Waals surface area contributed by atoms with Gasteiger partial charge in [-0.15, -0.1) is 6.58 Å². The second-order valence-corrected chi connectivity index (χ2v) is 16.4. The molecule has 2 saturated carbocycles. The Bertz CT molecular complexity index is 1770. The Balaban J connectivity index is 1.53. The van der Waals surface area contributed by atoms with E-state index in [4.69, 9.17) is 28.9 Å². The molecule has 316 valence electrons. The third-order valence-electron chi connectivity index (χ3n) is 12.8. The largest absolute Gasteiger partial charge is 0.496 e. The van der Waals surface area contributed by atoms with E-state index in [1.54, 1.807) is 31.4 Å². The first-order valence-electron chi connectivity index (χ1n) is 21.6. The van der Waals surface area contributed by atoms with Crippen LogP contribution in [0.15, 0.2) is 65.9 Å². The number of allylic oxidation sites excluding steroid dienone is 1. The molecule has 1 heterocycles. The molecule has 2 fully saturated rings. The van der Waals surface area contributed by atoms with Gasteiger partial charge in [-0.2, -0.15) is 0 Å². The van der Waals surface area contributed by atoms with Crippen molar-refractivity contribution in [1.82, 2.24) is 4.90 Å². The summed E-state index contributed by atoms with van der Waals surface area (Å²) in [7, 11) is 3.09. The Kier molecular flexibility index (Phi) is 15.5. The number of benzene rings is 2. The summed E-state index contributed by atoms with van der Waals surface area (Å²) in [6, 6.07) is 10.5. The molecule has 6 unspecified atom stereocenters. The van der Waals surface area contributed by atoms with E-state index < -0.39 is 11.8 Å². The average molecular weight is 801 g/mol. The predicted octanol–water partition coefficient (Wildman–Crippen LogP) is 8.77. The number of aliphatic hydroxyl groups excluding tert-OH is 2.